The van der Waals surface area contributed by atoms with Crippen LogP contribution in [0, 0.1) is 6.92 Å². The summed E-state index contributed by atoms with van der Waals surface area (Å²) in [5, 5.41) is 5.90. The molecule has 136 valence electrons. The number of nitrogens with one attached hydrogen (secondary N) is 2. The molecule has 2 aromatic rings. The smallest absolute Gasteiger partial charge is 0.238 e. The molecule has 2 rings (SSSR count). The summed E-state index contributed by atoms with van der Waals surface area (Å²) in [5.74, 6) is 0.559. The summed E-state index contributed by atoms with van der Waals surface area (Å²) >= 11 is 0. The molecular weight excluding hydrogens is 340 g/mol. The molecule has 0 saturated heterocycles. The van der Waals surface area contributed by atoms with Crippen LogP contribution in [-0.2, 0) is 16.1 Å². The number of methoxy groups -OCH3 is 1. The zero-order chi connectivity index (χ0) is 17.2. The van der Waals surface area contributed by atoms with E-state index >= 15 is 0 Å². The Kier molecular flexibility index (Phi) is 9.62. The van der Waals surface area contributed by atoms with Crippen LogP contribution in [-0.4, -0.2) is 32.7 Å². The normalized spacial score (nSPS) is 10.0. The fourth-order valence-electron chi connectivity index (χ4n) is 2.16. The number of rotatable bonds is 9. The van der Waals surface area contributed by atoms with Gasteiger partial charge in [0.15, 0.2) is 0 Å². The van der Waals surface area contributed by atoms with Crippen LogP contribution in [0.1, 0.15) is 11.1 Å². The topological polar surface area (TPSA) is 59.6 Å². The molecule has 2 aromatic carbocycles. The summed E-state index contributed by atoms with van der Waals surface area (Å²) in [4.78, 5) is 12.0. The predicted octanol–water partition coefficient (Wildman–Crippen LogP) is 3.17. The average Bonchev–Trinajstić information content (AvgIpc) is 2.60. The zero-order valence-corrected chi connectivity index (χ0v) is 15.4. The Bertz CT molecular complexity index is 650. The van der Waals surface area contributed by atoms with Crippen molar-refractivity contribution in [3.63, 3.8) is 0 Å². The Morgan fingerprint density at radius 3 is 2.60 bits per heavy atom. The summed E-state index contributed by atoms with van der Waals surface area (Å²) in [6.45, 7) is 3.89. The fourth-order valence-corrected chi connectivity index (χ4v) is 2.16. The molecular formula is C19H25ClN2O3. The molecule has 0 heterocycles. The second-order valence-corrected chi connectivity index (χ2v) is 5.49. The van der Waals surface area contributed by atoms with Crippen LogP contribution in [0.3, 0.4) is 0 Å². The summed E-state index contributed by atoms with van der Waals surface area (Å²) in [6.07, 6.45) is 0. The van der Waals surface area contributed by atoms with Crippen molar-refractivity contribution in [3.8, 4) is 5.75 Å². The van der Waals surface area contributed by atoms with Crippen LogP contribution < -0.4 is 15.4 Å². The van der Waals surface area contributed by atoms with Gasteiger partial charge in [-0.2, -0.15) is 0 Å². The first-order chi connectivity index (χ1) is 11.7. The quantitative estimate of drug-likeness (QED) is 0.671. The van der Waals surface area contributed by atoms with E-state index in [1.165, 1.54) is 0 Å². The number of hydrogen-bond donors (Lipinski definition) is 2. The highest BCUT2D eigenvalue weighted by Crippen LogP contribution is 2.26. The van der Waals surface area contributed by atoms with Crippen LogP contribution in [0.25, 0.3) is 0 Å². The van der Waals surface area contributed by atoms with Crippen molar-refractivity contribution in [3.05, 3.63) is 59.7 Å². The summed E-state index contributed by atoms with van der Waals surface area (Å²) < 4.78 is 10.8. The molecule has 6 heteroatoms. The largest absolute Gasteiger partial charge is 0.487 e. The molecule has 1 amide bonds. The number of amides is 1. The average molecular weight is 365 g/mol. The number of aryl methyl sites for hydroxylation is 1. The Labute approximate surface area is 155 Å². The maximum Gasteiger partial charge on any atom is 0.238 e. The van der Waals surface area contributed by atoms with E-state index in [4.69, 9.17) is 9.47 Å². The van der Waals surface area contributed by atoms with Crippen molar-refractivity contribution in [2.24, 2.45) is 0 Å². The van der Waals surface area contributed by atoms with E-state index in [9.17, 15) is 4.79 Å². The second-order valence-electron chi connectivity index (χ2n) is 5.49. The standard InChI is InChI=1S/C19H24N2O3.ClH/c1-15-8-9-17(21-19(22)13-20-10-11-23-2)18(12-15)24-14-16-6-4-3-5-7-16;/h3-9,12,20H,10-11,13-14H2,1-2H3,(H,21,22);1H. The second kappa shape index (κ2) is 11.5. The van der Waals surface area contributed by atoms with Crippen molar-refractivity contribution >= 4 is 24.0 Å². The van der Waals surface area contributed by atoms with Crippen molar-refractivity contribution in [2.75, 3.05) is 32.1 Å². The van der Waals surface area contributed by atoms with E-state index in [0.717, 1.165) is 11.1 Å². The van der Waals surface area contributed by atoms with E-state index < -0.39 is 0 Å². The SMILES string of the molecule is COCCNCC(=O)Nc1ccc(C)cc1OCc1ccccc1.Cl. The van der Waals surface area contributed by atoms with Crippen LogP contribution in [0.4, 0.5) is 5.69 Å². The van der Waals surface area contributed by atoms with Crippen LogP contribution in [0.2, 0.25) is 0 Å². The molecule has 0 bridgehead atoms. The van der Waals surface area contributed by atoms with Gasteiger partial charge in [-0.15, -0.1) is 12.4 Å². The molecule has 0 unspecified atom stereocenters. The predicted molar refractivity (Wildman–Crippen MR) is 103 cm³/mol. The Morgan fingerprint density at radius 2 is 1.88 bits per heavy atom. The van der Waals surface area contributed by atoms with Gasteiger partial charge < -0.3 is 20.1 Å². The lowest BCUT2D eigenvalue weighted by Crippen LogP contribution is -2.30. The van der Waals surface area contributed by atoms with Gasteiger partial charge in [0, 0.05) is 13.7 Å². The van der Waals surface area contributed by atoms with Crippen molar-refractivity contribution < 1.29 is 14.3 Å². The molecule has 25 heavy (non-hydrogen) atoms. The number of carbonyl (C=O) groups is 1. The highest BCUT2D eigenvalue weighted by atomic mass is 35.5. The fraction of sp³-hybridized carbons (Fsp3) is 0.316. The Balaban J connectivity index is 0.00000312. The van der Waals surface area contributed by atoms with Gasteiger partial charge in [0.1, 0.15) is 12.4 Å². The highest BCUT2D eigenvalue weighted by Gasteiger charge is 2.08. The van der Waals surface area contributed by atoms with Crippen LogP contribution in [0.15, 0.2) is 48.5 Å². The molecule has 0 saturated carbocycles. The summed E-state index contributed by atoms with van der Waals surface area (Å²) in [6, 6.07) is 15.7. The first kappa shape index (κ1) is 21.0. The molecule has 0 atom stereocenters. The molecule has 0 radical (unpaired) electrons. The minimum absolute atomic E-state index is 0. The van der Waals surface area contributed by atoms with Crippen molar-refractivity contribution in [2.45, 2.75) is 13.5 Å². The third-order valence-corrected chi connectivity index (χ3v) is 3.42. The van der Waals surface area contributed by atoms with E-state index in [1.807, 2.05) is 55.5 Å². The molecule has 0 fully saturated rings. The van der Waals surface area contributed by atoms with Crippen molar-refractivity contribution in [1.82, 2.24) is 5.32 Å². The third kappa shape index (κ3) is 7.56. The maximum atomic E-state index is 12.0. The van der Waals surface area contributed by atoms with Crippen molar-refractivity contribution in [1.29, 1.82) is 0 Å². The van der Waals surface area contributed by atoms with Gasteiger partial charge in [-0.1, -0.05) is 36.4 Å². The lowest BCUT2D eigenvalue weighted by Gasteiger charge is -2.14. The maximum absolute atomic E-state index is 12.0. The highest BCUT2D eigenvalue weighted by molar-refractivity contribution is 5.93. The van der Waals surface area contributed by atoms with Gasteiger partial charge in [-0.25, -0.2) is 0 Å². The number of carbonyl (C=O) groups excluding carboxylic acids is 1. The van der Waals surface area contributed by atoms with E-state index in [0.29, 0.717) is 31.2 Å². The molecule has 0 aromatic heterocycles. The molecule has 0 spiro atoms. The number of hydrogen-bond acceptors (Lipinski definition) is 4. The van der Waals surface area contributed by atoms with E-state index in [-0.39, 0.29) is 24.9 Å². The lowest BCUT2D eigenvalue weighted by atomic mass is 10.2. The first-order valence-electron chi connectivity index (χ1n) is 7.96. The molecule has 5 nitrogen and oxygen atoms in total. The minimum atomic E-state index is -0.112. The van der Waals surface area contributed by atoms with Gasteiger partial charge >= 0.3 is 0 Å². The zero-order valence-electron chi connectivity index (χ0n) is 14.6. The number of anilines is 1. The first-order valence-corrected chi connectivity index (χ1v) is 7.96. The van der Waals surface area contributed by atoms with E-state index in [2.05, 4.69) is 10.6 Å². The van der Waals surface area contributed by atoms with Gasteiger partial charge in [-0.05, 0) is 30.2 Å². The number of halogens is 1. The van der Waals surface area contributed by atoms with E-state index in [1.54, 1.807) is 7.11 Å². The van der Waals surface area contributed by atoms with Crippen LogP contribution in [0.5, 0.6) is 5.75 Å². The monoisotopic (exact) mass is 364 g/mol. The van der Waals surface area contributed by atoms with Gasteiger partial charge in [-0.3, -0.25) is 4.79 Å². The molecule has 0 aliphatic rings. The third-order valence-electron chi connectivity index (χ3n) is 3.42. The minimum Gasteiger partial charge on any atom is -0.487 e. The summed E-state index contributed by atoms with van der Waals surface area (Å²) in [7, 11) is 1.63. The molecule has 2 N–H and O–H groups in total. The summed E-state index contributed by atoms with van der Waals surface area (Å²) in [5.41, 5.74) is 2.84. The van der Waals surface area contributed by atoms with Gasteiger partial charge in [0.05, 0.1) is 18.8 Å². The molecule has 0 aliphatic heterocycles. The molecule has 0 aliphatic carbocycles. The number of benzene rings is 2. The Hall–Kier alpha value is -2.08. The number of ether oxygens (including phenoxy) is 2. The Morgan fingerprint density at radius 1 is 1.12 bits per heavy atom. The van der Waals surface area contributed by atoms with Crippen LogP contribution >= 0.6 is 12.4 Å². The van der Waals surface area contributed by atoms with Gasteiger partial charge in [0.25, 0.3) is 0 Å². The lowest BCUT2D eigenvalue weighted by molar-refractivity contribution is -0.115. The van der Waals surface area contributed by atoms with Gasteiger partial charge in [0.2, 0.25) is 5.91 Å².